The van der Waals surface area contributed by atoms with Crippen LogP contribution in [0.2, 0.25) is 0 Å². The summed E-state index contributed by atoms with van der Waals surface area (Å²) in [4.78, 5) is 18.0. The molecule has 0 radical (unpaired) electrons. The van der Waals surface area contributed by atoms with E-state index in [0.29, 0.717) is 17.9 Å². The van der Waals surface area contributed by atoms with Gasteiger partial charge in [0.05, 0.1) is 0 Å². The molecule has 4 aliphatic heterocycles. The smallest absolute Gasteiger partial charge is 0.254 e. The molecule has 1 aromatic rings. The Kier molecular flexibility index (Phi) is 2.88. The van der Waals surface area contributed by atoms with Gasteiger partial charge in [-0.2, -0.15) is 0 Å². The van der Waals surface area contributed by atoms with Crippen molar-refractivity contribution in [3.05, 3.63) is 34.9 Å². The minimum Gasteiger partial charge on any atom is -0.333 e. The molecule has 1 aliphatic carbocycles. The zero-order valence-corrected chi connectivity index (χ0v) is 13.1. The lowest BCUT2D eigenvalue weighted by Gasteiger charge is -2.51. The maximum atomic E-state index is 13.1. The summed E-state index contributed by atoms with van der Waals surface area (Å²) < 4.78 is 0. The number of aryl methyl sites for hydroxylation is 1. The predicted octanol–water partition coefficient (Wildman–Crippen LogP) is 2.66. The van der Waals surface area contributed by atoms with E-state index in [4.69, 9.17) is 0 Å². The fourth-order valence-electron chi connectivity index (χ4n) is 5.41. The summed E-state index contributed by atoms with van der Waals surface area (Å²) in [6.45, 7) is 4.57. The molecule has 0 spiro atoms. The van der Waals surface area contributed by atoms with Crippen LogP contribution in [-0.2, 0) is 6.42 Å². The molecule has 2 bridgehead atoms. The van der Waals surface area contributed by atoms with Crippen LogP contribution in [0, 0.1) is 5.92 Å². The minimum atomic E-state index is 0.314. The second kappa shape index (κ2) is 4.82. The third kappa shape index (κ3) is 1.81. The van der Waals surface area contributed by atoms with Crippen molar-refractivity contribution in [3.63, 3.8) is 0 Å². The van der Waals surface area contributed by atoms with Gasteiger partial charge in [-0.3, -0.25) is 4.79 Å². The molecule has 6 rings (SSSR count). The molecular formula is C19H24N2O. The second-order valence-corrected chi connectivity index (χ2v) is 7.63. The number of hydrogen-bond acceptors (Lipinski definition) is 2. The molecule has 0 N–H and O–H groups in total. The maximum absolute atomic E-state index is 13.1. The highest BCUT2D eigenvalue weighted by Gasteiger charge is 2.43. The van der Waals surface area contributed by atoms with E-state index >= 15 is 0 Å². The molecule has 1 amide bonds. The molecule has 1 unspecified atom stereocenters. The van der Waals surface area contributed by atoms with E-state index in [1.807, 2.05) is 0 Å². The summed E-state index contributed by atoms with van der Waals surface area (Å²) >= 11 is 0. The van der Waals surface area contributed by atoms with Crippen LogP contribution >= 0.6 is 0 Å². The molecule has 3 fully saturated rings. The van der Waals surface area contributed by atoms with Gasteiger partial charge in [0, 0.05) is 30.6 Å². The van der Waals surface area contributed by atoms with Gasteiger partial charge < -0.3 is 9.80 Å². The van der Waals surface area contributed by atoms with Crippen molar-refractivity contribution in [2.24, 2.45) is 5.92 Å². The van der Waals surface area contributed by atoms with Gasteiger partial charge >= 0.3 is 0 Å². The fraction of sp³-hybridized carbons (Fsp3) is 0.632. The van der Waals surface area contributed by atoms with Gasteiger partial charge in [0.15, 0.2) is 0 Å². The van der Waals surface area contributed by atoms with Gasteiger partial charge in [0.25, 0.3) is 5.91 Å². The topological polar surface area (TPSA) is 23.6 Å². The first-order valence-electron chi connectivity index (χ1n) is 8.96. The van der Waals surface area contributed by atoms with Crippen LogP contribution in [0.3, 0.4) is 0 Å². The molecule has 5 aliphatic rings. The van der Waals surface area contributed by atoms with E-state index in [1.54, 1.807) is 0 Å². The summed E-state index contributed by atoms with van der Waals surface area (Å²) in [6, 6.07) is 6.87. The molecule has 1 aromatic carbocycles. The van der Waals surface area contributed by atoms with Crippen molar-refractivity contribution in [2.75, 3.05) is 26.2 Å². The number of benzene rings is 1. The molecule has 2 atom stereocenters. The highest BCUT2D eigenvalue weighted by molar-refractivity contribution is 5.97. The summed E-state index contributed by atoms with van der Waals surface area (Å²) in [5.74, 6) is 1.64. The molecule has 0 aromatic heterocycles. The Morgan fingerprint density at radius 3 is 2.68 bits per heavy atom. The number of piperidine rings is 3. The number of carbonyl (C=O) groups excluding carboxylic acids is 1. The van der Waals surface area contributed by atoms with Crippen LogP contribution in [0.1, 0.15) is 53.1 Å². The molecule has 3 nitrogen and oxygen atoms in total. The van der Waals surface area contributed by atoms with Crippen molar-refractivity contribution in [1.29, 1.82) is 0 Å². The average Bonchev–Trinajstić information content (AvgIpc) is 2.59. The Balaban J connectivity index is 1.53. The van der Waals surface area contributed by atoms with Crippen molar-refractivity contribution in [1.82, 2.24) is 9.80 Å². The zero-order valence-electron chi connectivity index (χ0n) is 13.1. The molecule has 3 heteroatoms. The largest absolute Gasteiger partial charge is 0.333 e. The number of nitrogens with zero attached hydrogens (tertiary/aromatic N) is 2. The van der Waals surface area contributed by atoms with E-state index in [2.05, 4.69) is 28.0 Å². The van der Waals surface area contributed by atoms with Crippen molar-refractivity contribution in [3.8, 4) is 0 Å². The Labute approximate surface area is 132 Å². The van der Waals surface area contributed by atoms with Crippen molar-refractivity contribution < 1.29 is 4.79 Å². The van der Waals surface area contributed by atoms with Crippen LogP contribution in [0.15, 0.2) is 18.2 Å². The summed E-state index contributed by atoms with van der Waals surface area (Å²) in [6.07, 6.45) is 6.27. The minimum absolute atomic E-state index is 0.314. The SMILES string of the molecule is O=C1c2cccc3c2C(CCC3)CN1[C@@H]1CN2CCC1CC2. The van der Waals surface area contributed by atoms with Gasteiger partial charge in [-0.25, -0.2) is 0 Å². The van der Waals surface area contributed by atoms with Crippen molar-refractivity contribution in [2.45, 2.75) is 44.1 Å². The van der Waals surface area contributed by atoms with Crippen LogP contribution < -0.4 is 0 Å². The fourth-order valence-corrected chi connectivity index (χ4v) is 5.41. The van der Waals surface area contributed by atoms with E-state index in [-0.39, 0.29) is 0 Å². The molecule has 4 heterocycles. The third-order valence-electron chi connectivity index (χ3n) is 6.53. The predicted molar refractivity (Wildman–Crippen MR) is 86.1 cm³/mol. The van der Waals surface area contributed by atoms with E-state index in [1.165, 1.54) is 49.9 Å². The Bertz CT molecular complexity index is 618. The molecule has 3 saturated heterocycles. The maximum Gasteiger partial charge on any atom is 0.254 e. The number of carbonyl (C=O) groups is 1. The second-order valence-electron chi connectivity index (χ2n) is 7.63. The van der Waals surface area contributed by atoms with E-state index < -0.39 is 0 Å². The highest BCUT2D eigenvalue weighted by atomic mass is 16.2. The monoisotopic (exact) mass is 296 g/mol. The van der Waals surface area contributed by atoms with Gasteiger partial charge in [0.2, 0.25) is 0 Å². The molecule has 116 valence electrons. The van der Waals surface area contributed by atoms with Gasteiger partial charge in [-0.15, -0.1) is 0 Å². The number of hydrogen-bond donors (Lipinski definition) is 0. The van der Waals surface area contributed by atoms with Crippen LogP contribution in [0.4, 0.5) is 0 Å². The average molecular weight is 296 g/mol. The molecule has 0 saturated carbocycles. The quantitative estimate of drug-likeness (QED) is 0.795. The number of rotatable bonds is 1. The van der Waals surface area contributed by atoms with Crippen molar-refractivity contribution >= 4 is 5.91 Å². The molecular weight excluding hydrogens is 272 g/mol. The van der Waals surface area contributed by atoms with E-state index in [0.717, 1.165) is 31.0 Å². The molecule has 22 heavy (non-hydrogen) atoms. The number of fused-ring (bicyclic) bond motifs is 3. The summed E-state index contributed by atoms with van der Waals surface area (Å²) in [7, 11) is 0. The van der Waals surface area contributed by atoms with Gasteiger partial charge in [-0.1, -0.05) is 12.1 Å². The first-order valence-corrected chi connectivity index (χ1v) is 8.96. The summed E-state index contributed by atoms with van der Waals surface area (Å²) in [5, 5.41) is 0. The van der Waals surface area contributed by atoms with E-state index in [9.17, 15) is 4.79 Å². The zero-order chi connectivity index (χ0) is 14.7. The third-order valence-corrected chi connectivity index (χ3v) is 6.53. The van der Waals surface area contributed by atoms with Crippen LogP contribution in [0.25, 0.3) is 0 Å². The van der Waals surface area contributed by atoms with Crippen LogP contribution in [0.5, 0.6) is 0 Å². The lowest BCUT2D eigenvalue weighted by atomic mass is 9.75. The Hall–Kier alpha value is -1.35. The van der Waals surface area contributed by atoms with Gasteiger partial charge in [-0.05, 0) is 68.3 Å². The standard InChI is InChI=1S/C19H24N2O/c22-19-16-6-2-4-14-3-1-5-15(18(14)16)11-21(19)17-12-20-9-7-13(17)8-10-20/h2,4,6,13,15,17H,1,3,5,7-12H2/t15?,17-/m1/s1. The Morgan fingerprint density at radius 1 is 1.05 bits per heavy atom. The number of amides is 1. The highest BCUT2D eigenvalue weighted by Crippen LogP contribution is 2.41. The van der Waals surface area contributed by atoms with Gasteiger partial charge in [0.1, 0.15) is 0 Å². The summed E-state index contributed by atoms with van der Waals surface area (Å²) in [5.41, 5.74) is 3.86. The first kappa shape index (κ1) is 13.1. The lowest BCUT2D eigenvalue weighted by Crippen LogP contribution is -2.60. The van der Waals surface area contributed by atoms with Crippen LogP contribution in [-0.4, -0.2) is 47.9 Å². The Morgan fingerprint density at radius 2 is 1.91 bits per heavy atom. The lowest BCUT2D eigenvalue weighted by molar-refractivity contribution is 0.00258. The normalized spacial score (nSPS) is 36.4. The first-order chi connectivity index (χ1) is 10.8.